The zero-order valence-electron chi connectivity index (χ0n) is 12.0. The quantitative estimate of drug-likeness (QED) is 0.910. The first-order valence-corrected chi connectivity index (χ1v) is 8.93. The lowest BCUT2D eigenvalue weighted by Crippen LogP contribution is -2.38. The Labute approximate surface area is 124 Å². The van der Waals surface area contributed by atoms with Crippen molar-refractivity contribution in [3.8, 4) is 0 Å². The molecule has 110 valence electrons. The Balaban J connectivity index is 1.48. The van der Waals surface area contributed by atoms with Crippen molar-refractivity contribution in [1.82, 2.24) is 9.36 Å². The van der Waals surface area contributed by atoms with Crippen molar-refractivity contribution in [2.75, 3.05) is 18.0 Å². The van der Waals surface area contributed by atoms with Crippen molar-refractivity contribution in [2.24, 2.45) is 17.6 Å². The van der Waals surface area contributed by atoms with Gasteiger partial charge in [-0.05, 0) is 37.5 Å². The maximum absolute atomic E-state index is 6.31. The fraction of sp³-hybridized carbons (Fsp3) is 0.867. The molecule has 3 unspecified atom stereocenters. The SMILES string of the molecule is NC1CCCC2CN(c3nc(C4CCCC4)ns3)CC12. The van der Waals surface area contributed by atoms with Gasteiger partial charge in [0, 0.05) is 36.6 Å². The fourth-order valence-corrected chi connectivity index (χ4v) is 5.14. The monoisotopic (exact) mass is 292 g/mol. The lowest BCUT2D eigenvalue weighted by molar-refractivity contribution is 0.260. The van der Waals surface area contributed by atoms with Crippen molar-refractivity contribution >= 4 is 16.7 Å². The van der Waals surface area contributed by atoms with Crippen LogP contribution in [-0.4, -0.2) is 28.5 Å². The van der Waals surface area contributed by atoms with Crippen molar-refractivity contribution in [2.45, 2.75) is 56.9 Å². The van der Waals surface area contributed by atoms with E-state index in [-0.39, 0.29) is 0 Å². The van der Waals surface area contributed by atoms with Crippen molar-refractivity contribution < 1.29 is 0 Å². The maximum Gasteiger partial charge on any atom is 0.205 e. The lowest BCUT2D eigenvalue weighted by Gasteiger charge is -2.29. The van der Waals surface area contributed by atoms with E-state index in [2.05, 4.69) is 9.27 Å². The number of nitrogens with zero attached hydrogens (tertiary/aromatic N) is 3. The van der Waals surface area contributed by atoms with Crippen LogP contribution in [0.4, 0.5) is 5.13 Å². The first-order chi connectivity index (χ1) is 9.81. The molecule has 5 heteroatoms. The van der Waals surface area contributed by atoms with E-state index in [1.807, 2.05) is 0 Å². The number of hydrogen-bond donors (Lipinski definition) is 1. The van der Waals surface area contributed by atoms with Gasteiger partial charge in [0.05, 0.1) is 0 Å². The minimum absolute atomic E-state index is 0.404. The summed E-state index contributed by atoms with van der Waals surface area (Å²) < 4.78 is 4.64. The number of nitrogens with two attached hydrogens (primary N) is 1. The molecule has 2 heterocycles. The number of aromatic nitrogens is 2. The van der Waals surface area contributed by atoms with Gasteiger partial charge in [0.25, 0.3) is 0 Å². The minimum atomic E-state index is 0.404. The van der Waals surface area contributed by atoms with Crippen LogP contribution >= 0.6 is 11.5 Å². The molecule has 0 radical (unpaired) electrons. The minimum Gasteiger partial charge on any atom is -0.346 e. The molecule has 1 saturated heterocycles. The molecule has 3 fully saturated rings. The molecule has 20 heavy (non-hydrogen) atoms. The van der Waals surface area contributed by atoms with Crippen LogP contribution in [0.25, 0.3) is 0 Å². The zero-order chi connectivity index (χ0) is 13.5. The highest BCUT2D eigenvalue weighted by atomic mass is 32.1. The van der Waals surface area contributed by atoms with E-state index in [1.54, 1.807) is 11.5 Å². The van der Waals surface area contributed by atoms with Crippen LogP contribution in [0.5, 0.6) is 0 Å². The molecule has 0 bridgehead atoms. The molecule has 4 rings (SSSR count). The molecular weight excluding hydrogens is 268 g/mol. The summed E-state index contributed by atoms with van der Waals surface area (Å²) in [5.41, 5.74) is 6.31. The predicted molar refractivity (Wildman–Crippen MR) is 82.1 cm³/mol. The van der Waals surface area contributed by atoms with Gasteiger partial charge >= 0.3 is 0 Å². The molecule has 2 saturated carbocycles. The van der Waals surface area contributed by atoms with Crippen LogP contribution in [0.1, 0.15) is 56.7 Å². The van der Waals surface area contributed by atoms with Gasteiger partial charge in [0.1, 0.15) is 5.82 Å². The highest BCUT2D eigenvalue weighted by Gasteiger charge is 2.39. The van der Waals surface area contributed by atoms with Crippen molar-refractivity contribution in [1.29, 1.82) is 0 Å². The smallest absolute Gasteiger partial charge is 0.205 e. The molecule has 4 nitrogen and oxygen atoms in total. The summed E-state index contributed by atoms with van der Waals surface area (Å²) in [5.74, 6) is 3.22. The molecule has 1 aromatic rings. The normalized spacial score (nSPS) is 34.6. The van der Waals surface area contributed by atoms with E-state index in [1.165, 1.54) is 44.9 Å². The first kappa shape index (κ1) is 13.0. The molecule has 1 aliphatic heterocycles. The molecule has 0 amide bonds. The third kappa shape index (κ3) is 2.25. The summed E-state index contributed by atoms with van der Waals surface area (Å²) in [5, 5.41) is 1.15. The van der Waals surface area contributed by atoms with E-state index >= 15 is 0 Å². The molecule has 0 aromatic carbocycles. The third-order valence-electron chi connectivity index (χ3n) is 5.58. The van der Waals surface area contributed by atoms with Crippen LogP contribution in [-0.2, 0) is 0 Å². The van der Waals surface area contributed by atoms with E-state index < -0.39 is 0 Å². The van der Waals surface area contributed by atoms with Crippen LogP contribution in [0.15, 0.2) is 0 Å². The molecule has 3 aliphatic rings. The number of rotatable bonds is 2. The van der Waals surface area contributed by atoms with Crippen LogP contribution in [0.3, 0.4) is 0 Å². The molecule has 2 aliphatic carbocycles. The van der Waals surface area contributed by atoms with E-state index in [9.17, 15) is 0 Å². The Hall–Kier alpha value is -0.680. The molecule has 1 aromatic heterocycles. The number of anilines is 1. The fourth-order valence-electron chi connectivity index (χ4n) is 4.38. The largest absolute Gasteiger partial charge is 0.346 e. The van der Waals surface area contributed by atoms with Gasteiger partial charge in [-0.2, -0.15) is 4.37 Å². The standard InChI is InChI=1S/C15H24N4S/c16-13-7-3-6-11-8-19(9-12(11)13)15-17-14(18-20-15)10-4-1-2-5-10/h10-13H,1-9,16H2. The van der Waals surface area contributed by atoms with Crippen LogP contribution in [0.2, 0.25) is 0 Å². The van der Waals surface area contributed by atoms with E-state index in [4.69, 9.17) is 10.7 Å². The molecular formula is C15H24N4S. The molecule has 3 atom stereocenters. The highest BCUT2D eigenvalue weighted by molar-refractivity contribution is 7.09. The van der Waals surface area contributed by atoms with Gasteiger partial charge in [-0.3, -0.25) is 0 Å². The average Bonchev–Trinajstić information content (AvgIpc) is 3.18. The van der Waals surface area contributed by atoms with Gasteiger partial charge in [-0.1, -0.05) is 19.3 Å². The summed E-state index contributed by atoms with van der Waals surface area (Å²) >= 11 is 1.60. The third-order valence-corrected chi connectivity index (χ3v) is 6.37. The number of hydrogen-bond acceptors (Lipinski definition) is 5. The second-order valence-corrected chi connectivity index (χ2v) is 7.57. The summed E-state index contributed by atoms with van der Waals surface area (Å²) in [7, 11) is 0. The Morgan fingerprint density at radius 1 is 1.05 bits per heavy atom. The van der Waals surface area contributed by atoms with Gasteiger partial charge in [0.2, 0.25) is 5.13 Å². The summed E-state index contributed by atoms with van der Waals surface area (Å²) in [6.45, 7) is 2.25. The van der Waals surface area contributed by atoms with E-state index in [0.29, 0.717) is 17.9 Å². The Morgan fingerprint density at radius 2 is 1.90 bits per heavy atom. The Kier molecular flexibility index (Phi) is 3.42. The van der Waals surface area contributed by atoms with Crippen molar-refractivity contribution in [3.63, 3.8) is 0 Å². The second kappa shape index (κ2) is 5.26. The Bertz CT molecular complexity index is 468. The summed E-state index contributed by atoms with van der Waals surface area (Å²) in [6, 6.07) is 0.404. The topological polar surface area (TPSA) is 55.0 Å². The van der Waals surface area contributed by atoms with Gasteiger partial charge < -0.3 is 10.6 Å². The summed E-state index contributed by atoms with van der Waals surface area (Å²) in [6.07, 6.45) is 9.13. The van der Waals surface area contributed by atoms with Gasteiger partial charge in [0.15, 0.2) is 0 Å². The number of fused-ring (bicyclic) bond motifs is 1. The van der Waals surface area contributed by atoms with Gasteiger partial charge in [-0.25, -0.2) is 4.98 Å². The maximum atomic E-state index is 6.31. The predicted octanol–water partition coefficient (Wildman–Crippen LogP) is 2.76. The zero-order valence-corrected chi connectivity index (χ0v) is 12.8. The lowest BCUT2D eigenvalue weighted by atomic mass is 9.78. The Morgan fingerprint density at radius 3 is 2.70 bits per heavy atom. The van der Waals surface area contributed by atoms with E-state index in [0.717, 1.165) is 30.0 Å². The molecule has 0 spiro atoms. The van der Waals surface area contributed by atoms with Gasteiger partial charge in [-0.15, -0.1) is 0 Å². The first-order valence-electron chi connectivity index (χ1n) is 8.15. The summed E-state index contributed by atoms with van der Waals surface area (Å²) in [4.78, 5) is 7.30. The second-order valence-electron chi connectivity index (χ2n) is 6.84. The van der Waals surface area contributed by atoms with Crippen molar-refractivity contribution in [3.05, 3.63) is 5.82 Å². The van der Waals surface area contributed by atoms with Crippen LogP contribution in [0, 0.1) is 11.8 Å². The highest BCUT2D eigenvalue weighted by Crippen LogP contribution is 2.39. The molecule has 2 N–H and O–H groups in total. The van der Waals surface area contributed by atoms with Crippen LogP contribution < -0.4 is 10.6 Å². The average molecular weight is 292 g/mol.